The van der Waals surface area contributed by atoms with E-state index in [1.54, 1.807) is 0 Å². The van der Waals surface area contributed by atoms with Crippen LogP contribution >= 0.6 is 11.6 Å². The van der Waals surface area contributed by atoms with Crippen LogP contribution in [0.1, 0.15) is 19.5 Å². The Balaban J connectivity index is 2.47. The van der Waals surface area contributed by atoms with Gasteiger partial charge < -0.3 is 0 Å². The number of nitrogens with one attached hydrogen (secondary N) is 1. The molecule has 0 aliphatic rings. The molecule has 2 nitrogen and oxygen atoms in total. The van der Waals surface area contributed by atoms with Crippen LogP contribution in [0.3, 0.4) is 0 Å². The lowest BCUT2D eigenvalue weighted by molar-refractivity contribution is 0.636. The van der Waals surface area contributed by atoms with E-state index in [1.165, 1.54) is 5.39 Å². The summed E-state index contributed by atoms with van der Waals surface area (Å²) in [6.45, 7) is 4.38. The van der Waals surface area contributed by atoms with E-state index < -0.39 is 0 Å². The van der Waals surface area contributed by atoms with Crippen LogP contribution in [-0.4, -0.2) is 10.2 Å². The van der Waals surface area contributed by atoms with E-state index in [9.17, 15) is 0 Å². The highest BCUT2D eigenvalue weighted by Gasteiger charge is 2.07. The lowest BCUT2D eigenvalue weighted by Gasteiger charge is -2.00. The Morgan fingerprint density at radius 2 is 2.21 bits per heavy atom. The third-order valence-corrected chi connectivity index (χ3v) is 2.44. The standard InChI is InChI=1S/C11H13ClN2/c1-7(2)5-10-9-4-3-8(12)6-11(9)14-13-10/h3-4,6-7H,5H2,1-2H3,(H,13,14). The first-order chi connectivity index (χ1) is 6.66. The molecule has 2 aromatic rings. The number of aromatic amines is 1. The topological polar surface area (TPSA) is 28.7 Å². The summed E-state index contributed by atoms with van der Waals surface area (Å²) < 4.78 is 0. The Morgan fingerprint density at radius 3 is 2.93 bits per heavy atom. The molecule has 0 amide bonds. The van der Waals surface area contributed by atoms with Crippen molar-refractivity contribution in [1.29, 1.82) is 0 Å². The Morgan fingerprint density at radius 1 is 1.43 bits per heavy atom. The first-order valence-corrected chi connectivity index (χ1v) is 5.17. The van der Waals surface area contributed by atoms with Crippen LogP contribution in [0.25, 0.3) is 10.9 Å². The second-order valence-electron chi connectivity index (χ2n) is 3.96. The number of H-pyrrole nitrogens is 1. The van der Waals surface area contributed by atoms with E-state index in [0.717, 1.165) is 22.7 Å². The van der Waals surface area contributed by atoms with Crippen LogP contribution in [-0.2, 0) is 6.42 Å². The summed E-state index contributed by atoms with van der Waals surface area (Å²) in [5, 5.41) is 9.22. The molecule has 1 aromatic carbocycles. The SMILES string of the molecule is CC(C)Cc1n[nH]c2cc(Cl)ccc12. The second kappa shape index (κ2) is 3.62. The van der Waals surface area contributed by atoms with Crippen LogP contribution in [0, 0.1) is 5.92 Å². The van der Waals surface area contributed by atoms with Gasteiger partial charge >= 0.3 is 0 Å². The number of fused-ring (bicyclic) bond motifs is 1. The third kappa shape index (κ3) is 1.75. The summed E-state index contributed by atoms with van der Waals surface area (Å²) in [6.07, 6.45) is 1.00. The summed E-state index contributed by atoms with van der Waals surface area (Å²) in [6, 6.07) is 5.84. The second-order valence-corrected chi connectivity index (χ2v) is 4.39. The predicted octanol–water partition coefficient (Wildman–Crippen LogP) is 3.41. The average molecular weight is 209 g/mol. The first-order valence-electron chi connectivity index (χ1n) is 4.79. The van der Waals surface area contributed by atoms with Gasteiger partial charge in [0.25, 0.3) is 0 Å². The van der Waals surface area contributed by atoms with Gasteiger partial charge in [0.2, 0.25) is 0 Å². The lowest BCUT2D eigenvalue weighted by atomic mass is 10.1. The summed E-state index contributed by atoms with van der Waals surface area (Å²) in [7, 11) is 0. The Bertz CT molecular complexity index is 445. The molecule has 0 fully saturated rings. The Hall–Kier alpha value is -1.02. The smallest absolute Gasteiger partial charge is 0.0703 e. The van der Waals surface area contributed by atoms with Gasteiger partial charge in [0, 0.05) is 10.4 Å². The molecule has 0 saturated carbocycles. The zero-order valence-electron chi connectivity index (χ0n) is 8.34. The van der Waals surface area contributed by atoms with Crippen molar-refractivity contribution < 1.29 is 0 Å². The molecule has 0 bridgehead atoms. The van der Waals surface area contributed by atoms with E-state index in [-0.39, 0.29) is 0 Å². The summed E-state index contributed by atoms with van der Waals surface area (Å²) >= 11 is 5.89. The van der Waals surface area contributed by atoms with Crippen molar-refractivity contribution in [2.45, 2.75) is 20.3 Å². The van der Waals surface area contributed by atoms with Gasteiger partial charge in [0.05, 0.1) is 11.2 Å². The quantitative estimate of drug-likeness (QED) is 0.805. The maximum Gasteiger partial charge on any atom is 0.0703 e. The van der Waals surface area contributed by atoms with Crippen molar-refractivity contribution in [2.24, 2.45) is 5.92 Å². The number of hydrogen-bond acceptors (Lipinski definition) is 1. The van der Waals surface area contributed by atoms with Gasteiger partial charge in [-0.1, -0.05) is 25.4 Å². The van der Waals surface area contributed by atoms with Crippen LogP contribution in [0.15, 0.2) is 18.2 Å². The lowest BCUT2D eigenvalue weighted by Crippen LogP contribution is -1.94. The van der Waals surface area contributed by atoms with E-state index >= 15 is 0 Å². The molecule has 0 atom stereocenters. The molecule has 1 aromatic heterocycles. The highest BCUT2D eigenvalue weighted by Crippen LogP contribution is 2.21. The number of aromatic nitrogens is 2. The zero-order chi connectivity index (χ0) is 10.1. The van der Waals surface area contributed by atoms with Crippen molar-refractivity contribution in [1.82, 2.24) is 10.2 Å². The molecule has 0 spiro atoms. The van der Waals surface area contributed by atoms with Crippen molar-refractivity contribution in [3.05, 3.63) is 28.9 Å². The molecule has 74 valence electrons. The molecule has 2 rings (SSSR count). The number of halogens is 1. The maximum atomic E-state index is 5.89. The molecule has 0 aliphatic carbocycles. The van der Waals surface area contributed by atoms with Gasteiger partial charge in [-0.3, -0.25) is 5.10 Å². The van der Waals surface area contributed by atoms with Crippen LogP contribution in [0.5, 0.6) is 0 Å². The van der Waals surface area contributed by atoms with Crippen LogP contribution in [0.4, 0.5) is 0 Å². The number of nitrogens with zero attached hydrogens (tertiary/aromatic N) is 1. The van der Waals surface area contributed by atoms with Crippen LogP contribution < -0.4 is 0 Å². The molecule has 0 aliphatic heterocycles. The number of rotatable bonds is 2. The van der Waals surface area contributed by atoms with E-state index in [4.69, 9.17) is 11.6 Å². The molecule has 0 radical (unpaired) electrons. The van der Waals surface area contributed by atoms with Gasteiger partial charge in [-0.25, -0.2) is 0 Å². The summed E-state index contributed by atoms with van der Waals surface area (Å²) in [5.41, 5.74) is 2.15. The minimum atomic E-state index is 0.622. The first kappa shape index (κ1) is 9.53. The normalized spacial score (nSPS) is 11.4. The molecular formula is C11H13ClN2. The molecule has 1 N–H and O–H groups in total. The fourth-order valence-corrected chi connectivity index (χ4v) is 1.76. The van der Waals surface area contributed by atoms with Gasteiger partial charge in [-0.2, -0.15) is 5.10 Å². The molecule has 0 unspecified atom stereocenters. The van der Waals surface area contributed by atoms with Gasteiger partial charge in [-0.05, 0) is 30.5 Å². The van der Waals surface area contributed by atoms with Gasteiger partial charge in [0.1, 0.15) is 0 Å². The number of benzene rings is 1. The molecule has 0 saturated heterocycles. The predicted molar refractivity (Wildman–Crippen MR) is 59.6 cm³/mol. The Kier molecular flexibility index (Phi) is 2.46. The van der Waals surface area contributed by atoms with E-state index in [0.29, 0.717) is 5.92 Å². The monoisotopic (exact) mass is 208 g/mol. The molecular weight excluding hydrogens is 196 g/mol. The molecule has 3 heteroatoms. The van der Waals surface area contributed by atoms with Gasteiger partial charge in [0.15, 0.2) is 0 Å². The summed E-state index contributed by atoms with van der Waals surface area (Å²) in [5.74, 6) is 0.622. The minimum absolute atomic E-state index is 0.622. The number of hydrogen-bond donors (Lipinski definition) is 1. The average Bonchev–Trinajstić information content (AvgIpc) is 2.47. The zero-order valence-corrected chi connectivity index (χ0v) is 9.10. The Labute approximate surface area is 88.3 Å². The fourth-order valence-electron chi connectivity index (χ4n) is 1.59. The van der Waals surface area contributed by atoms with E-state index in [2.05, 4.69) is 24.0 Å². The fraction of sp³-hybridized carbons (Fsp3) is 0.364. The van der Waals surface area contributed by atoms with Crippen molar-refractivity contribution in [3.8, 4) is 0 Å². The summed E-state index contributed by atoms with van der Waals surface area (Å²) in [4.78, 5) is 0. The van der Waals surface area contributed by atoms with Gasteiger partial charge in [-0.15, -0.1) is 0 Å². The van der Waals surface area contributed by atoms with Crippen LogP contribution in [0.2, 0.25) is 5.02 Å². The largest absolute Gasteiger partial charge is 0.277 e. The van der Waals surface area contributed by atoms with E-state index in [1.807, 2.05) is 18.2 Å². The third-order valence-electron chi connectivity index (χ3n) is 2.21. The minimum Gasteiger partial charge on any atom is -0.277 e. The molecule has 14 heavy (non-hydrogen) atoms. The highest BCUT2D eigenvalue weighted by atomic mass is 35.5. The van der Waals surface area contributed by atoms with Crippen molar-refractivity contribution in [3.63, 3.8) is 0 Å². The maximum absolute atomic E-state index is 5.89. The van der Waals surface area contributed by atoms with Crippen molar-refractivity contribution >= 4 is 22.5 Å². The van der Waals surface area contributed by atoms with Crippen molar-refractivity contribution in [2.75, 3.05) is 0 Å². The highest BCUT2D eigenvalue weighted by molar-refractivity contribution is 6.31. The molecule has 1 heterocycles.